The standard InChI is InChI=1S/C13H13NO4/c1-4-17-13(16)18-11-7-5-10(6-8-11)14-12(15)9(2)3/h4-8H,1-2H2,3H3,(H,14,15). The molecule has 94 valence electrons. The van der Waals surface area contributed by atoms with E-state index in [2.05, 4.69) is 23.2 Å². The minimum Gasteiger partial charge on any atom is -0.403 e. The van der Waals surface area contributed by atoms with Crippen LogP contribution in [-0.2, 0) is 9.53 Å². The zero-order valence-electron chi connectivity index (χ0n) is 9.93. The second kappa shape index (κ2) is 6.24. The summed E-state index contributed by atoms with van der Waals surface area (Å²) in [7, 11) is 0. The molecule has 0 fully saturated rings. The Morgan fingerprint density at radius 1 is 1.28 bits per heavy atom. The van der Waals surface area contributed by atoms with Crippen molar-refractivity contribution in [3.8, 4) is 5.75 Å². The van der Waals surface area contributed by atoms with E-state index in [1.54, 1.807) is 19.1 Å². The van der Waals surface area contributed by atoms with Gasteiger partial charge in [0.15, 0.2) is 0 Å². The molecule has 0 atom stereocenters. The molecule has 5 nitrogen and oxygen atoms in total. The van der Waals surface area contributed by atoms with Gasteiger partial charge in [0, 0.05) is 11.3 Å². The van der Waals surface area contributed by atoms with Gasteiger partial charge in [-0.1, -0.05) is 13.2 Å². The number of anilines is 1. The maximum absolute atomic E-state index is 11.3. The van der Waals surface area contributed by atoms with Crippen LogP contribution in [0.3, 0.4) is 0 Å². The zero-order chi connectivity index (χ0) is 13.5. The Morgan fingerprint density at radius 3 is 2.39 bits per heavy atom. The van der Waals surface area contributed by atoms with Crippen molar-refractivity contribution in [1.82, 2.24) is 0 Å². The summed E-state index contributed by atoms with van der Waals surface area (Å²) < 4.78 is 9.19. The van der Waals surface area contributed by atoms with Gasteiger partial charge in [0.25, 0.3) is 5.91 Å². The molecule has 5 heteroatoms. The lowest BCUT2D eigenvalue weighted by atomic mass is 10.2. The molecule has 0 unspecified atom stereocenters. The van der Waals surface area contributed by atoms with Gasteiger partial charge in [-0.25, -0.2) is 4.79 Å². The summed E-state index contributed by atoms with van der Waals surface area (Å²) in [4.78, 5) is 22.3. The van der Waals surface area contributed by atoms with Crippen LogP contribution in [-0.4, -0.2) is 12.1 Å². The Labute approximate surface area is 105 Å². The van der Waals surface area contributed by atoms with Gasteiger partial charge in [0.05, 0.1) is 6.26 Å². The van der Waals surface area contributed by atoms with Gasteiger partial charge >= 0.3 is 6.16 Å². The number of nitrogens with one attached hydrogen (secondary N) is 1. The summed E-state index contributed by atoms with van der Waals surface area (Å²) in [5, 5.41) is 2.62. The number of rotatable bonds is 4. The first-order chi connectivity index (χ1) is 8.52. The zero-order valence-corrected chi connectivity index (χ0v) is 9.93. The van der Waals surface area contributed by atoms with E-state index in [9.17, 15) is 9.59 Å². The highest BCUT2D eigenvalue weighted by molar-refractivity contribution is 6.02. The van der Waals surface area contributed by atoms with Crippen LogP contribution in [0.25, 0.3) is 0 Å². The molecule has 0 aliphatic heterocycles. The number of hydrogen-bond acceptors (Lipinski definition) is 4. The van der Waals surface area contributed by atoms with Crippen LogP contribution in [0.5, 0.6) is 5.75 Å². The van der Waals surface area contributed by atoms with Crippen LogP contribution in [0.1, 0.15) is 6.92 Å². The molecule has 1 aromatic rings. The lowest BCUT2D eigenvalue weighted by molar-refractivity contribution is -0.112. The van der Waals surface area contributed by atoms with Crippen molar-refractivity contribution in [2.75, 3.05) is 5.32 Å². The molecule has 1 amide bonds. The van der Waals surface area contributed by atoms with E-state index in [1.807, 2.05) is 0 Å². The molecule has 0 aromatic heterocycles. The van der Waals surface area contributed by atoms with Crippen LogP contribution in [0.2, 0.25) is 0 Å². The van der Waals surface area contributed by atoms with Gasteiger partial charge in [-0.15, -0.1) is 0 Å². The molecule has 0 bridgehead atoms. The Bertz CT molecular complexity index is 476. The molecule has 0 radical (unpaired) electrons. The highest BCUT2D eigenvalue weighted by Gasteiger charge is 2.05. The predicted octanol–water partition coefficient (Wildman–Crippen LogP) is 2.86. The van der Waals surface area contributed by atoms with Crippen molar-refractivity contribution in [2.45, 2.75) is 6.92 Å². The lowest BCUT2D eigenvalue weighted by Crippen LogP contribution is -2.11. The van der Waals surface area contributed by atoms with Crippen molar-refractivity contribution in [3.63, 3.8) is 0 Å². The molecule has 1 N–H and O–H groups in total. The van der Waals surface area contributed by atoms with E-state index in [0.717, 1.165) is 6.26 Å². The average Bonchev–Trinajstić information content (AvgIpc) is 2.31. The van der Waals surface area contributed by atoms with Crippen LogP contribution in [0.15, 0.2) is 49.3 Å². The van der Waals surface area contributed by atoms with E-state index in [-0.39, 0.29) is 5.91 Å². The van der Waals surface area contributed by atoms with Crippen LogP contribution >= 0.6 is 0 Å². The van der Waals surface area contributed by atoms with Crippen molar-refractivity contribution >= 4 is 17.7 Å². The second-order valence-electron chi connectivity index (χ2n) is 3.40. The molecule has 0 spiro atoms. The monoisotopic (exact) mass is 247 g/mol. The summed E-state index contributed by atoms with van der Waals surface area (Å²) in [6, 6.07) is 6.24. The van der Waals surface area contributed by atoms with E-state index in [1.165, 1.54) is 12.1 Å². The normalized spacial score (nSPS) is 9.17. The van der Waals surface area contributed by atoms with E-state index < -0.39 is 6.16 Å². The van der Waals surface area contributed by atoms with E-state index >= 15 is 0 Å². The van der Waals surface area contributed by atoms with Gasteiger partial charge in [-0.2, -0.15) is 0 Å². The van der Waals surface area contributed by atoms with E-state index in [4.69, 9.17) is 4.74 Å². The molecule has 18 heavy (non-hydrogen) atoms. The summed E-state index contributed by atoms with van der Waals surface area (Å²) in [6.45, 7) is 8.36. The molecule has 0 aliphatic rings. The summed E-state index contributed by atoms with van der Waals surface area (Å²) in [5.74, 6) is 0.0323. The number of carbonyl (C=O) groups is 2. The number of ether oxygens (including phenoxy) is 2. The SMILES string of the molecule is C=COC(=O)Oc1ccc(NC(=O)C(=C)C)cc1. The first kappa shape index (κ1) is 13.5. The quantitative estimate of drug-likeness (QED) is 0.384. The molecular formula is C13H13NO4. The lowest BCUT2D eigenvalue weighted by Gasteiger charge is -2.06. The number of carbonyl (C=O) groups excluding carboxylic acids is 2. The number of amides is 1. The summed E-state index contributed by atoms with van der Waals surface area (Å²) in [5.41, 5.74) is 0.984. The van der Waals surface area contributed by atoms with Gasteiger partial charge in [0.2, 0.25) is 0 Å². The molecule has 0 saturated heterocycles. The van der Waals surface area contributed by atoms with Gasteiger partial charge in [-0.3, -0.25) is 4.79 Å². The van der Waals surface area contributed by atoms with Crippen molar-refractivity contribution < 1.29 is 19.1 Å². The molecule has 1 rings (SSSR count). The highest BCUT2D eigenvalue weighted by atomic mass is 16.7. The predicted molar refractivity (Wildman–Crippen MR) is 67.2 cm³/mol. The molecule has 0 aliphatic carbocycles. The van der Waals surface area contributed by atoms with Gasteiger partial charge in [0.1, 0.15) is 5.75 Å². The fraction of sp³-hybridized carbons (Fsp3) is 0.0769. The van der Waals surface area contributed by atoms with E-state index in [0.29, 0.717) is 17.0 Å². The largest absolute Gasteiger partial charge is 0.518 e. The molecule has 1 aromatic carbocycles. The minimum atomic E-state index is -0.872. The topological polar surface area (TPSA) is 64.6 Å². The Kier molecular flexibility index (Phi) is 4.68. The fourth-order valence-electron chi connectivity index (χ4n) is 1.03. The van der Waals surface area contributed by atoms with Crippen molar-refractivity contribution in [2.24, 2.45) is 0 Å². The molecule has 0 saturated carbocycles. The maximum Gasteiger partial charge on any atom is 0.518 e. The van der Waals surface area contributed by atoms with Crippen LogP contribution in [0.4, 0.5) is 10.5 Å². The number of benzene rings is 1. The summed E-state index contributed by atoms with van der Waals surface area (Å²) >= 11 is 0. The first-order valence-corrected chi connectivity index (χ1v) is 5.09. The van der Waals surface area contributed by atoms with Crippen LogP contribution < -0.4 is 10.1 Å². The third-order valence-corrected chi connectivity index (χ3v) is 1.88. The molecular weight excluding hydrogens is 234 g/mol. The number of hydrogen-bond donors (Lipinski definition) is 1. The minimum absolute atomic E-state index is 0.269. The Morgan fingerprint density at radius 2 is 1.89 bits per heavy atom. The smallest absolute Gasteiger partial charge is 0.403 e. The second-order valence-corrected chi connectivity index (χ2v) is 3.40. The average molecular weight is 247 g/mol. The fourth-order valence-corrected chi connectivity index (χ4v) is 1.03. The Hall–Kier alpha value is -2.56. The molecule has 0 heterocycles. The van der Waals surface area contributed by atoms with Gasteiger partial charge < -0.3 is 14.8 Å². The summed E-state index contributed by atoms with van der Waals surface area (Å²) in [6.07, 6.45) is 0.104. The maximum atomic E-state index is 11.3. The van der Waals surface area contributed by atoms with Crippen LogP contribution in [0, 0.1) is 0 Å². The highest BCUT2D eigenvalue weighted by Crippen LogP contribution is 2.16. The van der Waals surface area contributed by atoms with Crippen molar-refractivity contribution in [3.05, 3.63) is 49.3 Å². The van der Waals surface area contributed by atoms with Gasteiger partial charge in [-0.05, 0) is 31.2 Å². The third-order valence-electron chi connectivity index (χ3n) is 1.88. The Balaban J connectivity index is 2.62. The third kappa shape index (κ3) is 4.13. The first-order valence-electron chi connectivity index (χ1n) is 5.09. The van der Waals surface area contributed by atoms with Crippen molar-refractivity contribution in [1.29, 1.82) is 0 Å².